The quantitative estimate of drug-likeness (QED) is 0.766. The molecule has 0 aromatic carbocycles. The molecule has 6 heteroatoms. The fourth-order valence-corrected chi connectivity index (χ4v) is 5.61. The van der Waals surface area contributed by atoms with E-state index in [9.17, 15) is 9.59 Å². The first kappa shape index (κ1) is 15.4. The van der Waals surface area contributed by atoms with Gasteiger partial charge in [-0.15, -0.1) is 35.8 Å². The molecule has 4 heterocycles. The molecule has 2 amide bonds. The van der Waals surface area contributed by atoms with Crippen molar-refractivity contribution in [2.24, 2.45) is 0 Å². The third kappa shape index (κ3) is 1.96. The van der Waals surface area contributed by atoms with Gasteiger partial charge >= 0.3 is 0 Å². The summed E-state index contributed by atoms with van der Waals surface area (Å²) in [6.07, 6.45) is 3.44. The summed E-state index contributed by atoms with van der Waals surface area (Å²) in [7, 11) is 0. The van der Waals surface area contributed by atoms with Gasteiger partial charge in [0.15, 0.2) is 0 Å². The predicted molar refractivity (Wildman–Crippen MR) is 99.2 cm³/mol. The Morgan fingerprint density at radius 2 is 1.29 bits per heavy atom. The number of carbonyl (C=O) groups excluding carboxylic acids is 2. The van der Waals surface area contributed by atoms with Crippen molar-refractivity contribution in [1.82, 2.24) is 0 Å². The minimum atomic E-state index is -0.431. The van der Waals surface area contributed by atoms with Crippen molar-refractivity contribution in [1.29, 1.82) is 0 Å². The second kappa shape index (κ2) is 5.72. The van der Waals surface area contributed by atoms with E-state index in [1.54, 1.807) is 44.6 Å². The zero-order chi connectivity index (χ0) is 16.8. The van der Waals surface area contributed by atoms with Crippen LogP contribution in [0.2, 0.25) is 0 Å². The lowest BCUT2D eigenvalue weighted by Crippen LogP contribution is -2.35. The molecule has 2 unspecified atom stereocenters. The lowest BCUT2D eigenvalue weighted by Gasteiger charge is -2.20. The molecule has 4 rings (SSSR count). The summed E-state index contributed by atoms with van der Waals surface area (Å²) in [5.41, 5.74) is 1.84. The van der Waals surface area contributed by atoms with Gasteiger partial charge in [0.2, 0.25) is 11.8 Å². The fraction of sp³-hybridized carbons (Fsp3) is 0.222. The fourth-order valence-electron chi connectivity index (χ4n) is 3.56. The van der Waals surface area contributed by atoms with Crippen LogP contribution >= 0.6 is 22.7 Å². The Balaban J connectivity index is 1.80. The van der Waals surface area contributed by atoms with Crippen molar-refractivity contribution in [3.05, 3.63) is 58.0 Å². The van der Waals surface area contributed by atoms with E-state index in [-0.39, 0.29) is 11.8 Å². The molecule has 2 aliphatic heterocycles. The molecular weight excluding hydrogens is 340 g/mol. The molecule has 0 fully saturated rings. The van der Waals surface area contributed by atoms with E-state index in [1.807, 2.05) is 22.9 Å². The van der Waals surface area contributed by atoms with Gasteiger partial charge in [-0.25, -0.2) is 0 Å². The van der Waals surface area contributed by atoms with Crippen LogP contribution in [0.1, 0.15) is 21.6 Å². The zero-order valence-electron chi connectivity index (χ0n) is 13.0. The summed E-state index contributed by atoms with van der Waals surface area (Å²) in [6, 6.07) is 3.91. The van der Waals surface area contributed by atoms with Gasteiger partial charge in [0, 0.05) is 22.8 Å². The Morgan fingerprint density at radius 1 is 0.875 bits per heavy atom. The summed E-state index contributed by atoms with van der Waals surface area (Å²) in [6.45, 7) is 8.42. The van der Waals surface area contributed by atoms with Crippen molar-refractivity contribution in [2.45, 2.75) is 11.8 Å². The number of hydrogen-bond acceptors (Lipinski definition) is 4. The number of fused-ring (bicyclic) bond motifs is 2. The van der Waals surface area contributed by atoms with E-state index in [2.05, 4.69) is 13.2 Å². The monoisotopic (exact) mass is 356 g/mol. The number of rotatable bonds is 5. The Morgan fingerprint density at radius 3 is 1.67 bits per heavy atom. The predicted octanol–water partition coefficient (Wildman–Crippen LogP) is 3.74. The molecule has 0 spiro atoms. The zero-order valence-corrected chi connectivity index (χ0v) is 14.6. The molecule has 0 radical (unpaired) electrons. The van der Waals surface area contributed by atoms with Gasteiger partial charge in [0.25, 0.3) is 0 Å². The van der Waals surface area contributed by atoms with Crippen LogP contribution in [0.25, 0.3) is 0 Å². The van der Waals surface area contributed by atoms with Gasteiger partial charge < -0.3 is 9.80 Å². The summed E-state index contributed by atoms with van der Waals surface area (Å²) in [5.74, 6) is -0.871. The molecule has 0 saturated carbocycles. The number of amides is 2. The molecular formula is C18H16N2O2S2. The Kier molecular flexibility index (Phi) is 3.66. The molecule has 2 atom stereocenters. The second-order valence-corrected chi connectivity index (χ2v) is 7.67. The highest BCUT2D eigenvalue weighted by Gasteiger charge is 2.51. The summed E-state index contributed by atoms with van der Waals surface area (Å²) < 4.78 is 0. The highest BCUT2D eigenvalue weighted by molar-refractivity contribution is 7.11. The highest BCUT2D eigenvalue weighted by atomic mass is 32.1. The third-order valence-corrected chi connectivity index (χ3v) is 6.49. The summed E-state index contributed by atoms with van der Waals surface area (Å²) in [4.78, 5) is 31.5. The molecule has 0 bridgehead atoms. The molecule has 0 aliphatic carbocycles. The lowest BCUT2D eigenvalue weighted by atomic mass is 9.91. The molecule has 2 aromatic heterocycles. The van der Waals surface area contributed by atoms with Crippen molar-refractivity contribution >= 4 is 45.9 Å². The second-order valence-electron chi connectivity index (χ2n) is 5.77. The molecule has 4 nitrogen and oxygen atoms in total. The smallest absolute Gasteiger partial charge is 0.236 e. The maximum atomic E-state index is 13.0. The molecule has 0 N–H and O–H groups in total. The Labute approximate surface area is 148 Å². The van der Waals surface area contributed by atoms with E-state index in [1.165, 1.54) is 0 Å². The van der Waals surface area contributed by atoms with Gasteiger partial charge in [-0.3, -0.25) is 9.59 Å². The van der Waals surface area contributed by atoms with Gasteiger partial charge in [-0.2, -0.15) is 0 Å². The maximum Gasteiger partial charge on any atom is 0.236 e. The van der Waals surface area contributed by atoms with E-state index in [0.717, 1.165) is 21.1 Å². The van der Waals surface area contributed by atoms with Crippen molar-refractivity contribution in [2.75, 3.05) is 22.9 Å². The van der Waals surface area contributed by atoms with Crippen LogP contribution in [-0.4, -0.2) is 24.9 Å². The Hall–Kier alpha value is -2.18. The average Bonchev–Trinajstić information content (AvgIpc) is 3.30. The first-order valence-corrected chi connectivity index (χ1v) is 9.44. The number of thiophene rings is 2. The molecule has 2 aromatic rings. The minimum absolute atomic E-state index is 0.00472. The third-order valence-electron chi connectivity index (χ3n) is 4.51. The van der Waals surface area contributed by atoms with Crippen molar-refractivity contribution in [3.8, 4) is 0 Å². The van der Waals surface area contributed by atoms with Crippen LogP contribution in [0.15, 0.2) is 48.2 Å². The van der Waals surface area contributed by atoms with Gasteiger partial charge in [0.1, 0.15) is 0 Å². The highest BCUT2D eigenvalue weighted by Crippen LogP contribution is 2.54. The van der Waals surface area contributed by atoms with Crippen LogP contribution in [-0.2, 0) is 9.59 Å². The van der Waals surface area contributed by atoms with Crippen LogP contribution in [0, 0.1) is 0 Å². The molecule has 24 heavy (non-hydrogen) atoms. The number of nitrogens with zero attached hydrogens (tertiary/aromatic N) is 2. The van der Waals surface area contributed by atoms with E-state index in [0.29, 0.717) is 13.1 Å². The summed E-state index contributed by atoms with van der Waals surface area (Å²) in [5, 5.41) is 3.97. The van der Waals surface area contributed by atoms with Gasteiger partial charge in [0.05, 0.1) is 23.2 Å². The number of carbonyl (C=O) groups is 2. The van der Waals surface area contributed by atoms with E-state index >= 15 is 0 Å². The Bertz CT molecular complexity index is 781. The topological polar surface area (TPSA) is 40.6 Å². The molecule has 2 aliphatic rings. The first-order chi connectivity index (χ1) is 11.7. The average molecular weight is 356 g/mol. The van der Waals surface area contributed by atoms with E-state index in [4.69, 9.17) is 0 Å². The van der Waals surface area contributed by atoms with E-state index < -0.39 is 11.8 Å². The standard InChI is InChI=1S/C18H16N2O2S2/c1-3-7-19-11-5-9-23-15(11)13(17(19)21)14-16-12(6-10-24-16)20(8-4-2)18(14)22/h3-6,9-10,13-14H,1-2,7-8H2. The first-order valence-electron chi connectivity index (χ1n) is 7.68. The molecule has 0 saturated heterocycles. The van der Waals surface area contributed by atoms with Crippen molar-refractivity contribution in [3.63, 3.8) is 0 Å². The van der Waals surface area contributed by atoms with Crippen LogP contribution < -0.4 is 9.80 Å². The SMILES string of the molecule is C=CCN1C(=O)C(C2C(=O)N(CC=C)c3ccsc32)c2sccc21. The minimum Gasteiger partial charge on any atom is -0.307 e. The van der Waals surface area contributed by atoms with Crippen LogP contribution in [0.5, 0.6) is 0 Å². The lowest BCUT2D eigenvalue weighted by molar-refractivity contribution is -0.125. The van der Waals surface area contributed by atoms with Gasteiger partial charge in [-0.1, -0.05) is 12.2 Å². The maximum absolute atomic E-state index is 13.0. The number of anilines is 2. The number of hydrogen-bond donors (Lipinski definition) is 0. The summed E-state index contributed by atoms with van der Waals surface area (Å²) >= 11 is 3.10. The van der Waals surface area contributed by atoms with Crippen molar-refractivity contribution < 1.29 is 9.59 Å². The van der Waals surface area contributed by atoms with Crippen LogP contribution in [0.3, 0.4) is 0 Å². The molecule has 122 valence electrons. The van der Waals surface area contributed by atoms with Crippen LogP contribution in [0.4, 0.5) is 11.4 Å². The van der Waals surface area contributed by atoms with Gasteiger partial charge in [-0.05, 0) is 22.9 Å². The normalized spacial score (nSPS) is 22.0. The largest absolute Gasteiger partial charge is 0.307 e.